The molecular weight excluding hydrogens is 320 g/mol. The Hall–Kier alpha value is -2.18. The second-order valence-corrected chi connectivity index (χ2v) is 6.62. The standard InChI is InChI=1S/C18H22N4OS/c1-14-7-21-22(9-14)10-15(2)19-8-16-5-3-4-6-18(16)23-11-17-12-24-13-20-17/h3-7,9,12-13,15,19H,8,10-11H2,1-2H3/t15-/m0/s1. The maximum atomic E-state index is 5.92. The minimum absolute atomic E-state index is 0.316. The van der Waals surface area contributed by atoms with Crippen LogP contribution in [-0.4, -0.2) is 20.8 Å². The summed E-state index contributed by atoms with van der Waals surface area (Å²) in [5.41, 5.74) is 5.12. The highest BCUT2D eigenvalue weighted by Gasteiger charge is 2.08. The molecule has 0 unspecified atom stereocenters. The molecule has 0 aliphatic heterocycles. The van der Waals surface area contributed by atoms with Crippen molar-refractivity contribution in [3.05, 3.63) is 64.4 Å². The van der Waals surface area contributed by atoms with E-state index in [1.54, 1.807) is 11.3 Å². The predicted molar refractivity (Wildman–Crippen MR) is 96.2 cm³/mol. The van der Waals surface area contributed by atoms with Crippen LogP contribution in [0.1, 0.15) is 23.7 Å². The van der Waals surface area contributed by atoms with E-state index in [-0.39, 0.29) is 0 Å². The van der Waals surface area contributed by atoms with Crippen LogP contribution in [0.5, 0.6) is 5.75 Å². The lowest BCUT2D eigenvalue weighted by atomic mass is 10.2. The van der Waals surface area contributed by atoms with Crippen LogP contribution in [-0.2, 0) is 19.7 Å². The van der Waals surface area contributed by atoms with Gasteiger partial charge >= 0.3 is 0 Å². The first kappa shape index (κ1) is 16.7. The molecule has 1 aromatic carbocycles. The van der Waals surface area contributed by atoms with Crippen LogP contribution in [0.2, 0.25) is 0 Å². The molecule has 2 aromatic heterocycles. The van der Waals surface area contributed by atoms with Crippen LogP contribution < -0.4 is 10.1 Å². The number of hydrogen-bond donors (Lipinski definition) is 1. The van der Waals surface area contributed by atoms with Gasteiger partial charge in [0.25, 0.3) is 0 Å². The van der Waals surface area contributed by atoms with Gasteiger partial charge in [0, 0.05) is 29.7 Å². The van der Waals surface area contributed by atoms with Gasteiger partial charge in [-0.1, -0.05) is 18.2 Å². The number of nitrogens with one attached hydrogen (secondary N) is 1. The summed E-state index contributed by atoms with van der Waals surface area (Å²) in [7, 11) is 0. The summed E-state index contributed by atoms with van der Waals surface area (Å²) in [6, 6.07) is 8.44. The van der Waals surface area contributed by atoms with Gasteiger partial charge in [0.2, 0.25) is 0 Å². The maximum Gasteiger partial charge on any atom is 0.131 e. The van der Waals surface area contributed by atoms with Crippen molar-refractivity contribution in [1.82, 2.24) is 20.1 Å². The Labute approximate surface area is 146 Å². The van der Waals surface area contributed by atoms with Gasteiger partial charge in [-0.3, -0.25) is 4.68 Å². The first-order chi connectivity index (χ1) is 11.7. The summed E-state index contributed by atoms with van der Waals surface area (Å²) in [6.45, 7) is 6.32. The topological polar surface area (TPSA) is 52.0 Å². The summed E-state index contributed by atoms with van der Waals surface area (Å²) < 4.78 is 7.89. The third-order valence-corrected chi connectivity index (χ3v) is 4.33. The number of benzene rings is 1. The Kier molecular flexibility index (Phi) is 5.61. The van der Waals surface area contributed by atoms with Gasteiger partial charge in [0.05, 0.1) is 23.9 Å². The number of rotatable bonds is 8. The van der Waals surface area contributed by atoms with Gasteiger partial charge in [0.15, 0.2) is 0 Å². The smallest absolute Gasteiger partial charge is 0.131 e. The first-order valence-electron chi connectivity index (χ1n) is 8.01. The molecule has 126 valence electrons. The molecule has 1 atom stereocenters. The molecule has 0 bridgehead atoms. The van der Waals surface area contributed by atoms with Crippen LogP contribution in [0, 0.1) is 6.92 Å². The summed E-state index contributed by atoms with van der Waals surface area (Å²) in [5, 5.41) is 9.88. The molecule has 0 saturated carbocycles. The number of thiazole rings is 1. The maximum absolute atomic E-state index is 5.92. The van der Waals surface area contributed by atoms with E-state index in [1.165, 1.54) is 5.56 Å². The molecule has 0 amide bonds. The minimum atomic E-state index is 0.316. The van der Waals surface area contributed by atoms with Crippen LogP contribution in [0.3, 0.4) is 0 Å². The van der Waals surface area contributed by atoms with Gasteiger partial charge in [-0.05, 0) is 25.5 Å². The third kappa shape index (κ3) is 4.66. The van der Waals surface area contributed by atoms with Crippen molar-refractivity contribution in [2.45, 2.75) is 39.6 Å². The van der Waals surface area contributed by atoms with Gasteiger partial charge in [-0.25, -0.2) is 4.98 Å². The Morgan fingerprint density at radius 3 is 2.96 bits per heavy atom. The van der Waals surface area contributed by atoms with Gasteiger partial charge in [0.1, 0.15) is 12.4 Å². The summed E-state index contributed by atoms with van der Waals surface area (Å²) in [6.07, 6.45) is 3.94. The molecule has 0 aliphatic rings. The van der Waals surface area contributed by atoms with Crippen molar-refractivity contribution < 1.29 is 4.74 Å². The summed E-state index contributed by atoms with van der Waals surface area (Å²) in [5.74, 6) is 0.903. The second kappa shape index (κ2) is 8.08. The van der Waals surface area contributed by atoms with E-state index < -0.39 is 0 Å². The monoisotopic (exact) mass is 342 g/mol. The second-order valence-electron chi connectivity index (χ2n) is 5.90. The number of para-hydroxylation sites is 1. The van der Waals surface area contributed by atoms with E-state index in [1.807, 2.05) is 40.0 Å². The number of nitrogens with zero attached hydrogens (tertiary/aromatic N) is 3. The van der Waals surface area contributed by atoms with Gasteiger partial charge in [-0.15, -0.1) is 11.3 Å². The van der Waals surface area contributed by atoms with Gasteiger partial charge < -0.3 is 10.1 Å². The van der Waals surface area contributed by atoms with E-state index in [0.29, 0.717) is 12.6 Å². The fraction of sp³-hybridized carbons (Fsp3) is 0.333. The normalized spacial score (nSPS) is 12.2. The van der Waals surface area contributed by atoms with E-state index in [9.17, 15) is 0 Å². The van der Waals surface area contributed by atoms with Crippen molar-refractivity contribution in [3.8, 4) is 5.75 Å². The molecule has 6 heteroatoms. The predicted octanol–water partition coefficient (Wildman–Crippen LogP) is 3.41. The van der Waals surface area contributed by atoms with Crippen molar-refractivity contribution in [3.63, 3.8) is 0 Å². The van der Waals surface area contributed by atoms with Gasteiger partial charge in [-0.2, -0.15) is 5.10 Å². The zero-order valence-electron chi connectivity index (χ0n) is 14.0. The average molecular weight is 342 g/mol. The molecule has 0 aliphatic carbocycles. The lowest BCUT2D eigenvalue weighted by Crippen LogP contribution is -2.30. The first-order valence-corrected chi connectivity index (χ1v) is 8.95. The van der Waals surface area contributed by atoms with E-state index in [2.05, 4.69) is 41.5 Å². The van der Waals surface area contributed by atoms with E-state index in [0.717, 1.165) is 30.1 Å². The largest absolute Gasteiger partial charge is 0.487 e. The molecule has 2 heterocycles. The zero-order valence-corrected chi connectivity index (χ0v) is 14.8. The zero-order chi connectivity index (χ0) is 16.8. The van der Waals surface area contributed by atoms with Crippen molar-refractivity contribution in [2.75, 3.05) is 0 Å². The summed E-state index contributed by atoms with van der Waals surface area (Å²) in [4.78, 5) is 4.25. The molecule has 0 spiro atoms. The number of aryl methyl sites for hydroxylation is 1. The molecule has 1 N–H and O–H groups in total. The fourth-order valence-electron chi connectivity index (χ4n) is 2.45. The molecule has 0 fully saturated rings. The SMILES string of the molecule is Cc1cnn(C[C@H](C)NCc2ccccc2OCc2cscn2)c1. The van der Waals surface area contributed by atoms with Crippen LogP contribution in [0.4, 0.5) is 0 Å². The molecule has 5 nitrogen and oxygen atoms in total. The Morgan fingerprint density at radius 2 is 2.21 bits per heavy atom. The summed E-state index contributed by atoms with van der Waals surface area (Å²) >= 11 is 1.58. The van der Waals surface area contributed by atoms with E-state index in [4.69, 9.17) is 4.74 Å². The molecule has 3 rings (SSSR count). The molecule has 0 radical (unpaired) electrons. The fourth-order valence-corrected chi connectivity index (χ4v) is 2.99. The molecule has 0 saturated heterocycles. The van der Waals surface area contributed by atoms with Crippen LogP contribution in [0.15, 0.2) is 47.5 Å². The Bertz CT molecular complexity index is 754. The van der Waals surface area contributed by atoms with Crippen molar-refractivity contribution in [1.29, 1.82) is 0 Å². The highest BCUT2D eigenvalue weighted by molar-refractivity contribution is 7.07. The van der Waals surface area contributed by atoms with Crippen molar-refractivity contribution >= 4 is 11.3 Å². The quantitative estimate of drug-likeness (QED) is 0.682. The number of hydrogen-bond acceptors (Lipinski definition) is 5. The Balaban J connectivity index is 1.54. The number of aromatic nitrogens is 3. The lowest BCUT2D eigenvalue weighted by Gasteiger charge is -2.16. The average Bonchev–Trinajstić information content (AvgIpc) is 3.23. The Morgan fingerprint density at radius 1 is 1.33 bits per heavy atom. The highest BCUT2D eigenvalue weighted by Crippen LogP contribution is 2.19. The van der Waals surface area contributed by atoms with Crippen LogP contribution >= 0.6 is 11.3 Å². The molecule has 24 heavy (non-hydrogen) atoms. The highest BCUT2D eigenvalue weighted by atomic mass is 32.1. The van der Waals surface area contributed by atoms with Crippen LogP contribution in [0.25, 0.3) is 0 Å². The minimum Gasteiger partial charge on any atom is -0.487 e. The molecule has 3 aromatic rings. The van der Waals surface area contributed by atoms with Crippen molar-refractivity contribution in [2.24, 2.45) is 0 Å². The lowest BCUT2D eigenvalue weighted by molar-refractivity contribution is 0.297. The third-order valence-electron chi connectivity index (χ3n) is 3.70. The van der Waals surface area contributed by atoms with E-state index >= 15 is 0 Å². The number of ether oxygens (including phenoxy) is 1. The molecular formula is C18H22N4OS.